The predicted molar refractivity (Wildman–Crippen MR) is 123 cm³/mol. The highest BCUT2D eigenvalue weighted by Crippen LogP contribution is 2.28. The van der Waals surface area contributed by atoms with Gasteiger partial charge < -0.3 is 14.8 Å². The summed E-state index contributed by atoms with van der Waals surface area (Å²) in [4.78, 5) is 17.2. The molecule has 3 rings (SSSR count). The molecule has 1 heterocycles. The number of ether oxygens (including phenoxy) is 2. The van der Waals surface area contributed by atoms with Crippen LogP contribution >= 0.6 is 11.8 Å². The second-order valence-electron chi connectivity index (χ2n) is 7.03. The van der Waals surface area contributed by atoms with Crippen molar-refractivity contribution in [2.75, 3.05) is 26.5 Å². The van der Waals surface area contributed by atoms with Crippen LogP contribution in [0.4, 0.5) is 0 Å². The average molecular weight is 425 g/mol. The first kappa shape index (κ1) is 22.0. The number of amides is 1. The first-order valence-electron chi connectivity index (χ1n) is 10.0. The standard InChI is InChI=1S/C24H28N2O3S/c1-5-18-14-19-8-6-7-16(2)23(19)26-24(18)30-15-22(27)25-12-11-17-9-10-20(28-3)21(13-17)29-4/h6-10,13-14H,5,11-12,15H2,1-4H3,(H,25,27). The molecule has 0 aliphatic heterocycles. The SMILES string of the molecule is CCc1cc2cccc(C)c2nc1SCC(=O)NCCc1ccc(OC)c(OC)c1. The number of methoxy groups -OCH3 is 2. The van der Waals surface area contributed by atoms with Crippen LogP contribution in [0.15, 0.2) is 47.5 Å². The summed E-state index contributed by atoms with van der Waals surface area (Å²) >= 11 is 1.50. The molecule has 0 saturated carbocycles. The Hall–Kier alpha value is -2.73. The summed E-state index contributed by atoms with van der Waals surface area (Å²) in [6, 6.07) is 14.2. The van der Waals surface area contributed by atoms with E-state index in [1.54, 1.807) is 14.2 Å². The fourth-order valence-corrected chi connectivity index (χ4v) is 4.23. The molecule has 6 heteroatoms. The average Bonchev–Trinajstić information content (AvgIpc) is 2.77. The number of thioether (sulfide) groups is 1. The zero-order valence-corrected chi connectivity index (χ0v) is 18.8. The van der Waals surface area contributed by atoms with E-state index >= 15 is 0 Å². The molecule has 1 aromatic heterocycles. The van der Waals surface area contributed by atoms with E-state index in [1.165, 1.54) is 17.3 Å². The number of nitrogens with one attached hydrogen (secondary N) is 1. The monoisotopic (exact) mass is 424 g/mol. The first-order chi connectivity index (χ1) is 14.5. The molecular formula is C24H28N2O3S. The topological polar surface area (TPSA) is 60.5 Å². The lowest BCUT2D eigenvalue weighted by molar-refractivity contribution is -0.118. The van der Waals surface area contributed by atoms with Gasteiger partial charge in [-0.2, -0.15) is 0 Å². The van der Waals surface area contributed by atoms with E-state index in [9.17, 15) is 4.79 Å². The first-order valence-corrected chi connectivity index (χ1v) is 11.0. The number of hydrogen-bond acceptors (Lipinski definition) is 5. The van der Waals surface area contributed by atoms with Gasteiger partial charge in [0, 0.05) is 11.9 Å². The number of aromatic nitrogens is 1. The minimum atomic E-state index is 0.00853. The number of carbonyl (C=O) groups excluding carboxylic acids is 1. The molecule has 1 N–H and O–H groups in total. The van der Waals surface area contributed by atoms with Crippen LogP contribution in [0, 0.1) is 6.92 Å². The minimum Gasteiger partial charge on any atom is -0.493 e. The predicted octanol–water partition coefficient (Wildman–Crippen LogP) is 4.57. The van der Waals surface area contributed by atoms with Crippen molar-refractivity contribution < 1.29 is 14.3 Å². The van der Waals surface area contributed by atoms with Crippen molar-refractivity contribution in [3.8, 4) is 11.5 Å². The Morgan fingerprint density at radius 3 is 2.63 bits per heavy atom. The highest BCUT2D eigenvalue weighted by molar-refractivity contribution is 7.99. The van der Waals surface area contributed by atoms with Gasteiger partial charge in [0.15, 0.2) is 11.5 Å². The number of aryl methyl sites for hydroxylation is 2. The molecule has 0 bridgehead atoms. The summed E-state index contributed by atoms with van der Waals surface area (Å²) in [6.45, 7) is 4.75. The van der Waals surface area contributed by atoms with Crippen LogP contribution in [0.3, 0.4) is 0 Å². The van der Waals surface area contributed by atoms with Gasteiger partial charge in [-0.15, -0.1) is 0 Å². The summed E-state index contributed by atoms with van der Waals surface area (Å²) in [5.74, 6) is 1.76. The number of para-hydroxylation sites is 1. The van der Waals surface area contributed by atoms with Gasteiger partial charge in [0.2, 0.25) is 5.91 Å². The van der Waals surface area contributed by atoms with E-state index in [-0.39, 0.29) is 5.91 Å². The molecule has 0 atom stereocenters. The number of nitrogens with zero attached hydrogens (tertiary/aromatic N) is 1. The van der Waals surface area contributed by atoms with Gasteiger partial charge in [0.05, 0.1) is 25.5 Å². The second-order valence-corrected chi connectivity index (χ2v) is 7.99. The van der Waals surface area contributed by atoms with Gasteiger partial charge in [-0.3, -0.25) is 4.79 Å². The van der Waals surface area contributed by atoms with Gasteiger partial charge in [0.1, 0.15) is 5.03 Å². The largest absolute Gasteiger partial charge is 0.493 e. The van der Waals surface area contributed by atoms with Gasteiger partial charge in [-0.25, -0.2) is 4.98 Å². The number of carbonyl (C=O) groups is 1. The second kappa shape index (κ2) is 10.3. The summed E-state index contributed by atoms with van der Waals surface area (Å²) in [5, 5.41) is 5.08. The third-order valence-electron chi connectivity index (χ3n) is 4.99. The summed E-state index contributed by atoms with van der Waals surface area (Å²) in [6.07, 6.45) is 1.62. The van der Waals surface area contributed by atoms with Crippen molar-refractivity contribution in [2.45, 2.75) is 31.7 Å². The van der Waals surface area contributed by atoms with E-state index in [4.69, 9.17) is 14.5 Å². The quantitative estimate of drug-likeness (QED) is 0.510. The molecule has 158 valence electrons. The van der Waals surface area contributed by atoms with Crippen LogP contribution < -0.4 is 14.8 Å². The molecule has 5 nitrogen and oxygen atoms in total. The zero-order valence-electron chi connectivity index (χ0n) is 18.0. The van der Waals surface area contributed by atoms with Crippen molar-refractivity contribution in [2.24, 2.45) is 0 Å². The molecular weight excluding hydrogens is 396 g/mol. The Balaban J connectivity index is 1.56. The van der Waals surface area contributed by atoms with Crippen LogP contribution in [0.5, 0.6) is 11.5 Å². The molecule has 3 aromatic rings. The van der Waals surface area contributed by atoms with Crippen molar-refractivity contribution in [1.29, 1.82) is 0 Å². The van der Waals surface area contributed by atoms with E-state index < -0.39 is 0 Å². The molecule has 0 saturated heterocycles. The van der Waals surface area contributed by atoms with Crippen LogP contribution in [-0.4, -0.2) is 37.4 Å². The van der Waals surface area contributed by atoms with Crippen LogP contribution in [-0.2, 0) is 17.6 Å². The maximum absolute atomic E-state index is 12.4. The molecule has 0 unspecified atom stereocenters. The van der Waals surface area contributed by atoms with Crippen molar-refractivity contribution in [3.63, 3.8) is 0 Å². The van der Waals surface area contributed by atoms with Crippen molar-refractivity contribution in [3.05, 3.63) is 59.2 Å². The van der Waals surface area contributed by atoms with Gasteiger partial charge >= 0.3 is 0 Å². The lowest BCUT2D eigenvalue weighted by Gasteiger charge is -2.11. The Morgan fingerprint density at radius 2 is 1.90 bits per heavy atom. The fourth-order valence-electron chi connectivity index (χ4n) is 3.32. The van der Waals surface area contributed by atoms with Crippen LogP contribution in [0.1, 0.15) is 23.6 Å². The number of benzene rings is 2. The van der Waals surface area contributed by atoms with Gasteiger partial charge in [0.25, 0.3) is 0 Å². The Labute approximate surface area is 182 Å². The fraction of sp³-hybridized carbons (Fsp3) is 0.333. The van der Waals surface area contributed by atoms with Gasteiger partial charge in [-0.05, 0) is 54.7 Å². The van der Waals surface area contributed by atoms with E-state index in [0.717, 1.165) is 39.9 Å². The summed E-state index contributed by atoms with van der Waals surface area (Å²) < 4.78 is 10.6. The van der Waals surface area contributed by atoms with Gasteiger partial charge in [-0.1, -0.05) is 43.0 Å². The number of fused-ring (bicyclic) bond motifs is 1. The maximum atomic E-state index is 12.4. The van der Waals surface area contributed by atoms with E-state index in [0.29, 0.717) is 23.8 Å². The third kappa shape index (κ3) is 5.25. The summed E-state index contributed by atoms with van der Waals surface area (Å²) in [5.41, 5.74) is 4.42. The maximum Gasteiger partial charge on any atom is 0.230 e. The normalized spacial score (nSPS) is 10.8. The van der Waals surface area contributed by atoms with Crippen molar-refractivity contribution in [1.82, 2.24) is 10.3 Å². The van der Waals surface area contributed by atoms with E-state index in [2.05, 4.69) is 43.4 Å². The Morgan fingerprint density at radius 1 is 1.10 bits per heavy atom. The lowest BCUT2D eigenvalue weighted by atomic mass is 10.1. The van der Waals surface area contributed by atoms with E-state index in [1.807, 2.05) is 18.2 Å². The van der Waals surface area contributed by atoms with Crippen LogP contribution in [0.25, 0.3) is 10.9 Å². The molecule has 0 fully saturated rings. The molecule has 0 aliphatic rings. The molecule has 2 aromatic carbocycles. The minimum absolute atomic E-state index is 0.00853. The van der Waals surface area contributed by atoms with Crippen molar-refractivity contribution >= 4 is 28.6 Å². The molecule has 0 radical (unpaired) electrons. The Kier molecular flexibility index (Phi) is 7.57. The Bertz CT molecular complexity index is 1040. The zero-order chi connectivity index (χ0) is 21.5. The number of rotatable bonds is 9. The lowest BCUT2D eigenvalue weighted by Crippen LogP contribution is -2.27. The molecule has 0 aliphatic carbocycles. The number of hydrogen-bond donors (Lipinski definition) is 1. The third-order valence-corrected chi connectivity index (χ3v) is 6.02. The smallest absolute Gasteiger partial charge is 0.230 e. The molecule has 30 heavy (non-hydrogen) atoms. The highest BCUT2D eigenvalue weighted by Gasteiger charge is 2.11. The van der Waals surface area contributed by atoms with Crippen LogP contribution in [0.2, 0.25) is 0 Å². The molecule has 0 spiro atoms. The molecule has 1 amide bonds. The summed E-state index contributed by atoms with van der Waals surface area (Å²) in [7, 11) is 3.23. The highest BCUT2D eigenvalue weighted by atomic mass is 32.2. The number of pyridine rings is 1.